The minimum absolute atomic E-state index is 0.0443. The third-order valence-corrected chi connectivity index (χ3v) is 6.35. The molecular formula is C13H18BrN3O2S. The van der Waals surface area contributed by atoms with Gasteiger partial charge in [-0.3, -0.25) is 10.1 Å². The number of halogens is 1. The minimum atomic E-state index is -0.406. The van der Waals surface area contributed by atoms with Crippen molar-refractivity contribution < 1.29 is 4.92 Å². The van der Waals surface area contributed by atoms with Crippen molar-refractivity contribution in [2.75, 3.05) is 18.1 Å². The average Bonchev–Trinajstić information content (AvgIpc) is 2.89. The van der Waals surface area contributed by atoms with Crippen LogP contribution in [-0.2, 0) is 0 Å². The number of pyridine rings is 1. The van der Waals surface area contributed by atoms with E-state index in [0.29, 0.717) is 15.9 Å². The number of hydrogen-bond acceptors (Lipinski definition) is 5. The summed E-state index contributed by atoms with van der Waals surface area (Å²) in [6.07, 6.45) is 8.45. The number of nitro groups is 1. The molecule has 20 heavy (non-hydrogen) atoms. The zero-order valence-corrected chi connectivity index (χ0v) is 14.0. The van der Waals surface area contributed by atoms with Crippen molar-refractivity contribution >= 4 is 39.2 Å². The van der Waals surface area contributed by atoms with Gasteiger partial charge >= 0.3 is 0 Å². The van der Waals surface area contributed by atoms with E-state index < -0.39 is 4.92 Å². The molecule has 0 aliphatic heterocycles. The van der Waals surface area contributed by atoms with Crippen LogP contribution in [0.4, 0.5) is 11.5 Å². The first-order valence-corrected chi connectivity index (χ1v) is 8.59. The van der Waals surface area contributed by atoms with Crippen LogP contribution in [0.5, 0.6) is 0 Å². The number of rotatable bonds is 5. The van der Waals surface area contributed by atoms with E-state index in [2.05, 4.69) is 32.5 Å². The Hall–Kier alpha value is -0.820. The molecule has 7 heteroatoms. The summed E-state index contributed by atoms with van der Waals surface area (Å²) in [5.74, 6) is 0.688. The maximum absolute atomic E-state index is 10.9. The molecule has 1 aromatic rings. The third kappa shape index (κ3) is 3.09. The lowest BCUT2D eigenvalue weighted by Gasteiger charge is -2.27. The van der Waals surface area contributed by atoms with E-state index in [0.717, 1.165) is 6.54 Å². The highest BCUT2D eigenvalue weighted by Gasteiger charge is 2.33. The van der Waals surface area contributed by atoms with Gasteiger partial charge in [0.2, 0.25) is 0 Å². The van der Waals surface area contributed by atoms with E-state index in [1.807, 2.05) is 11.8 Å². The van der Waals surface area contributed by atoms with Gasteiger partial charge in [0.05, 0.1) is 9.40 Å². The van der Waals surface area contributed by atoms with Crippen LogP contribution in [0.1, 0.15) is 31.2 Å². The lowest BCUT2D eigenvalue weighted by atomic mass is 10.1. The fourth-order valence-corrected chi connectivity index (χ4v) is 3.95. The molecule has 5 nitrogen and oxygen atoms in total. The molecule has 1 N–H and O–H groups in total. The van der Waals surface area contributed by atoms with Crippen molar-refractivity contribution in [3.05, 3.63) is 26.3 Å². The molecule has 1 aliphatic carbocycles. The second-order valence-electron chi connectivity index (χ2n) is 5.14. The Balaban J connectivity index is 2.14. The Morgan fingerprint density at radius 2 is 2.20 bits per heavy atom. The summed E-state index contributed by atoms with van der Waals surface area (Å²) in [5, 5.41) is 14.2. The summed E-state index contributed by atoms with van der Waals surface area (Å²) in [4.78, 5) is 14.6. The van der Waals surface area contributed by atoms with Crippen LogP contribution in [0.15, 0.2) is 10.7 Å². The van der Waals surface area contributed by atoms with Crippen LogP contribution < -0.4 is 5.32 Å². The lowest BCUT2D eigenvalue weighted by molar-refractivity contribution is -0.385. The van der Waals surface area contributed by atoms with E-state index in [1.54, 1.807) is 6.92 Å². The van der Waals surface area contributed by atoms with Crippen molar-refractivity contribution in [1.82, 2.24) is 4.98 Å². The molecule has 0 spiro atoms. The molecule has 0 unspecified atom stereocenters. The fraction of sp³-hybridized carbons (Fsp3) is 0.615. The van der Waals surface area contributed by atoms with Gasteiger partial charge in [0.1, 0.15) is 12.0 Å². The minimum Gasteiger partial charge on any atom is -0.368 e. The number of nitrogens with one attached hydrogen (secondary N) is 1. The Labute approximate surface area is 131 Å². The zero-order valence-electron chi connectivity index (χ0n) is 11.6. The highest BCUT2D eigenvalue weighted by molar-refractivity contribution is 9.10. The summed E-state index contributed by atoms with van der Waals surface area (Å²) in [5.41, 5.74) is 0.653. The summed E-state index contributed by atoms with van der Waals surface area (Å²) in [7, 11) is 0. The molecule has 110 valence electrons. The molecule has 1 fully saturated rings. The molecule has 0 radical (unpaired) electrons. The smallest absolute Gasteiger partial charge is 0.291 e. The maximum Gasteiger partial charge on any atom is 0.291 e. The number of aromatic nitrogens is 1. The molecule has 0 aromatic carbocycles. The van der Waals surface area contributed by atoms with Gasteiger partial charge in [-0.2, -0.15) is 11.8 Å². The van der Waals surface area contributed by atoms with Gasteiger partial charge in [-0.15, -0.1) is 0 Å². The van der Waals surface area contributed by atoms with E-state index >= 15 is 0 Å². The van der Waals surface area contributed by atoms with Crippen LogP contribution in [0.25, 0.3) is 0 Å². The Bertz CT molecular complexity index is 519. The number of anilines is 1. The van der Waals surface area contributed by atoms with Crippen molar-refractivity contribution in [1.29, 1.82) is 0 Å². The van der Waals surface area contributed by atoms with Gasteiger partial charge in [0, 0.05) is 16.9 Å². The predicted octanol–water partition coefficient (Wildman–Crippen LogP) is 4.15. The Morgan fingerprint density at radius 1 is 1.55 bits per heavy atom. The number of hydrogen-bond donors (Lipinski definition) is 1. The second kappa shape index (κ2) is 6.30. The summed E-state index contributed by atoms with van der Waals surface area (Å²) >= 11 is 5.32. The van der Waals surface area contributed by atoms with Crippen molar-refractivity contribution in [2.24, 2.45) is 0 Å². The van der Waals surface area contributed by atoms with Crippen LogP contribution >= 0.6 is 27.7 Å². The van der Waals surface area contributed by atoms with E-state index in [4.69, 9.17) is 0 Å². The van der Waals surface area contributed by atoms with Gasteiger partial charge in [0.15, 0.2) is 0 Å². The van der Waals surface area contributed by atoms with Gasteiger partial charge < -0.3 is 5.32 Å². The normalized spacial score (nSPS) is 17.1. The molecule has 0 bridgehead atoms. The largest absolute Gasteiger partial charge is 0.368 e. The van der Waals surface area contributed by atoms with Crippen LogP contribution in [0.3, 0.4) is 0 Å². The predicted molar refractivity (Wildman–Crippen MR) is 86.5 cm³/mol. The lowest BCUT2D eigenvalue weighted by Crippen LogP contribution is -2.30. The van der Waals surface area contributed by atoms with E-state index in [-0.39, 0.29) is 10.4 Å². The quantitative estimate of drug-likeness (QED) is 0.631. The van der Waals surface area contributed by atoms with Gasteiger partial charge in [-0.1, -0.05) is 12.8 Å². The molecule has 0 atom stereocenters. The average molecular weight is 360 g/mol. The summed E-state index contributed by atoms with van der Waals surface area (Å²) in [6, 6.07) is 0. The van der Waals surface area contributed by atoms with Crippen LogP contribution in [-0.4, -0.2) is 27.5 Å². The fourth-order valence-electron chi connectivity index (χ4n) is 2.59. The highest BCUT2D eigenvalue weighted by Crippen LogP contribution is 2.40. The summed E-state index contributed by atoms with van der Waals surface area (Å²) < 4.78 is 0.956. The first-order valence-electron chi connectivity index (χ1n) is 6.57. The standard InChI is InChI=1S/C13H18BrN3O2S/c1-9-10(17(18)19)7-15-12(11(9)14)16-8-13(20-2)5-3-4-6-13/h7H,3-6,8H2,1-2H3,(H,15,16). The molecule has 0 saturated heterocycles. The first-order chi connectivity index (χ1) is 9.49. The first kappa shape index (κ1) is 15.6. The number of thioether (sulfide) groups is 1. The molecule has 0 amide bonds. The van der Waals surface area contributed by atoms with Crippen LogP contribution in [0.2, 0.25) is 0 Å². The van der Waals surface area contributed by atoms with Gasteiger partial charge in [0.25, 0.3) is 5.69 Å². The molecule has 1 aliphatic rings. The molecule has 1 aromatic heterocycles. The Kier molecular flexibility index (Phi) is 4.90. The zero-order chi connectivity index (χ0) is 14.8. The van der Waals surface area contributed by atoms with E-state index in [9.17, 15) is 10.1 Å². The molecule has 1 saturated carbocycles. The maximum atomic E-state index is 10.9. The Morgan fingerprint density at radius 3 is 2.75 bits per heavy atom. The van der Waals surface area contributed by atoms with Crippen molar-refractivity contribution in [2.45, 2.75) is 37.4 Å². The van der Waals surface area contributed by atoms with Crippen molar-refractivity contribution in [3.8, 4) is 0 Å². The monoisotopic (exact) mass is 359 g/mol. The van der Waals surface area contributed by atoms with E-state index in [1.165, 1.54) is 31.9 Å². The SMILES string of the molecule is CSC1(CNc2ncc([N+](=O)[O-])c(C)c2Br)CCCC1. The highest BCUT2D eigenvalue weighted by atomic mass is 79.9. The molecular weight excluding hydrogens is 342 g/mol. The van der Waals surface area contributed by atoms with Gasteiger partial charge in [-0.25, -0.2) is 4.98 Å². The van der Waals surface area contributed by atoms with Gasteiger partial charge in [-0.05, 0) is 42.0 Å². The second-order valence-corrected chi connectivity index (χ2v) is 7.20. The number of nitrogens with zero attached hydrogens (tertiary/aromatic N) is 2. The topological polar surface area (TPSA) is 68.1 Å². The molecule has 1 heterocycles. The van der Waals surface area contributed by atoms with Crippen molar-refractivity contribution in [3.63, 3.8) is 0 Å². The third-order valence-electron chi connectivity index (χ3n) is 3.96. The molecule has 2 rings (SSSR count). The summed E-state index contributed by atoms with van der Waals surface area (Å²) in [6.45, 7) is 2.58. The van der Waals surface area contributed by atoms with Crippen LogP contribution in [0, 0.1) is 17.0 Å².